The third-order valence-electron chi connectivity index (χ3n) is 16.2. The maximum Gasteiger partial charge on any atom is 0.164 e. The van der Waals surface area contributed by atoms with Crippen molar-refractivity contribution in [1.82, 2.24) is 19.5 Å². The second kappa shape index (κ2) is 15.0. The van der Waals surface area contributed by atoms with Crippen LogP contribution < -0.4 is 4.90 Å². The number of anilines is 2. The second-order valence-electron chi connectivity index (χ2n) is 20.5. The average Bonchev–Trinajstić information content (AvgIpc) is 3.98. The molecule has 2 aromatic heterocycles. The molecular weight excluding hydrogens is 875 g/mol. The summed E-state index contributed by atoms with van der Waals surface area (Å²) in [5, 5.41) is 9.64. The van der Waals surface area contributed by atoms with E-state index in [1.165, 1.54) is 82.4 Å². The van der Waals surface area contributed by atoms with Gasteiger partial charge in [0.1, 0.15) is 0 Å². The predicted molar refractivity (Wildman–Crippen MR) is 299 cm³/mol. The molecule has 0 N–H and O–H groups in total. The van der Waals surface area contributed by atoms with Crippen LogP contribution >= 0.6 is 0 Å². The Morgan fingerprint density at radius 2 is 1.12 bits per heavy atom. The highest BCUT2D eigenvalue weighted by molar-refractivity contribution is 6.23. The molecule has 340 valence electrons. The van der Waals surface area contributed by atoms with Crippen molar-refractivity contribution in [1.29, 1.82) is 0 Å². The molecule has 1 atom stereocenters. The van der Waals surface area contributed by atoms with Gasteiger partial charge >= 0.3 is 0 Å². The van der Waals surface area contributed by atoms with E-state index >= 15 is 0 Å². The molecule has 0 radical (unpaired) electrons. The van der Waals surface area contributed by atoms with Gasteiger partial charge in [-0.3, -0.25) is 0 Å². The Balaban J connectivity index is 1.02. The molecule has 3 heterocycles. The molecular formula is C67H47N5. The number of nitrogens with zero attached hydrogens (tertiary/aromatic N) is 5. The zero-order valence-electron chi connectivity index (χ0n) is 40.2. The lowest BCUT2D eigenvalue weighted by molar-refractivity contribution is 0.608. The van der Waals surface area contributed by atoms with Crippen LogP contribution in [0.4, 0.5) is 11.4 Å². The van der Waals surface area contributed by atoms with E-state index in [2.05, 4.69) is 230 Å². The topological polar surface area (TPSA) is 46.8 Å². The maximum absolute atomic E-state index is 5.42. The first-order valence-corrected chi connectivity index (χ1v) is 25.1. The van der Waals surface area contributed by atoms with Crippen LogP contribution in [0.25, 0.3) is 111 Å². The van der Waals surface area contributed by atoms with Crippen molar-refractivity contribution in [3.63, 3.8) is 0 Å². The van der Waals surface area contributed by atoms with Crippen molar-refractivity contribution in [2.45, 2.75) is 38.1 Å². The molecule has 5 nitrogen and oxygen atoms in total. The number of aromatic nitrogens is 4. The Hall–Kier alpha value is -8.93. The Bertz CT molecular complexity index is 4350. The predicted octanol–water partition coefficient (Wildman–Crippen LogP) is 17.0. The normalized spacial score (nSPS) is 16.4. The van der Waals surface area contributed by atoms with Crippen molar-refractivity contribution in [3.05, 3.63) is 235 Å². The monoisotopic (exact) mass is 921 g/mol. The standard InChI is InChI=1S/C67H47N5/c1-66(2)55-27-15-14-26-48(55)51-37-50-49(65-69-63(43-20-6-4-7-21-43)68-64(70-65)45-30-29-41-18-10-11-22-44(41)36-45)32-34-58(52(50)39-57(51)66)72-61-40-60-54(38-53(61)56-28-16-17-35-67(56,72)3)62-47-25-13-12-19-42(47)31-33-59(62)71(60)46-23-8-5-9-24-46/h4-34,36-40H,35H2,1-3H3. The van der Waals surface area contributed by atoms with Crippen molar-refractivity contribution in [3.8, 4) is 51.0 Å². The first-order valence-electron chi connectivity index (χ1n) is 25.1. The van der Waals surface area contributed by atoms with Crippen LogP contribution in [-0.2, 0) is 5.41 Å². The molecule has 5 heteroatoms. The van der Waals surface area contributed by atoms with E-state index in [-0.39, 0.29) is 11.0 Å². The SMILES string of the molecule is CC1(C)c2ccccc2-c2cc3c(-c4nc(-c5ccccc5)nc(-c5ccc6ccccc6c5)n4)ccc(N4c5cc6c(cc5C5=CC=CCC54C)c4c5ccccc5ccc4n6-c4ccccc4)c3cc21. The Morgan fingerprint density at radius 3 is 1.97 bits per heavy atom. The molecule has 0 saturated heterocycles. The van der Waals surface area contributed by atoms with Crippen LogP contribution in [0.15, 0.2) is 218 Å². The van der Waals surface area contributed by atoms with Gasteiger partial charge in [-0.05, 0) is 129 Å². The van der Waals surface area contributed by atoms with Gasteiger partial charge in [0.25, 0.3) is 0 Å². The summed E-state index contributed by atoms with van der Waals surface area (Å²) in [7, 11) is 0. The van der Waals surface area contributed by atoms with E-state index in [9.17, 15) is 0 Å². The molecule has 15 rings (SSSR count). The summed E-state index contributed by atoms with van der Waals surface area (Å²) in [5.74, 6) is 1.93. The van der Waals surface area contributed by atoms with Crippen molar-refractivity contribution in [2.24, 2.45) is 0 Å². The van der Waals surface area contributed by atoms with Gasteiger partial charge in [0, 0.05) is 55.2 Å². The lowest BCUT2D eigenvalue weighted by Crippen LogP contribution is -2.40. The van der Waals surface area contributed by atoms with Crippen LogP contribution in [-0.4, -0.2) is 25.1 Å². The van der Waals surface area contributed by atoms with E-state index in [1.54, 1.807) is 0 Å². The molecule has 72 heavy (non-hydrogen) atoms. The summed E-state index contributed by atoms with van der Waals surface area (Å²) in [6.07, 6.45) is 7.81. The molecule has 12 aromatic rings. The van der Waals surface area contributed by atoms with Crippen LogP contribution in [0, 0.1) is 0 Å². The molecule has 0 saturated carbocycles. The fraction of sp³-hybridized carbons (Fsp3) is 0.0896. The minimum Gasteiger partial charge on any atom is -0.330 e. The number of benzene rings is 10. The largest absolute Gasteiger partial charge is 0.330 e. The highest BCUT2D eigenvalue weighted by Crippen LogP contribution is 2.59. The fourth-order valence-electron chi connectivity index (χ4n) is 12.7. The summed E-state index contributed by atoms with van der Waals surface area (Å²) in [4.78, 5) is 18.7. The van der Waals surface area contributed by atoms with Gasteiger partial charge in [-0.1, -0.05) is 172 Å². The Kier molecular flexibility index (Phi) is 8.54. The zero-order valence-corrected chi connectivity index (χ0v) is 40.2. The smallest absolute Gasteiger partial charge is 0.164 e. The first kappa shape index (κ1) is 40.9. The molecule has 2 aliphatic carbocycles. The quantitative estimate of drug-likeness (QED) is 0.173. The summed E-state index contributed by atoms with van der Waals surface area (Å²) < 4.78 is 2.47. The zero-order chi connectivity index (χ0) is 47.9. The van der Waals surface area contributed by atoms with Crippen molar-refractivity contribution in [2.75, 3.05) is 4.90 Å². The maximum atomic E-state index is 5.42. The van der Waals surface area contributed by atoms with Crippen molar-refractivity contribution < 1.29 is 0 Å². The molecule has 0 fully saturated rings. The van der Waals surface area contributed by atoms with Gasteiger partial charge in [0.05, 0.1) is 22.3 Å². The average molecular weight is 922 g/mol. The van der Waals surface area contributed by atoms with Gasteiger partial charge in [-0.2, -0.15) is 0 Å². The first-order chi connectivity index (χ1) is 35.3. The van der Waals surface area contributed by atoms with Crippen LogP contribution in [0.5, 0.6) is 0 Å². The second-order valence-corrected chi connectivity index (χ2v) is 20.5. The number of rotatable bonds is 5. The number of hydrogen-bond donors (Lipinski definition) is 0. The summed E-state index contributed by atoms with van der Waals surface area (Å²) >= 11 is 0. The molecule has 0 spiro atoms. The minimum atomic E-state index is -0.381. The number of allylic oxidation sites excluding steroid dienone is 2. The van der Waals surface area contributed by atoms with Gasteiger partial charge in [0.2, 0.25) is 0 Å². The van der Waals surface area contributed by atoms with Crippen LogP contribution in [0.2, 0.25) is 0 Å². The summed E-state index contributed by atoms with van der Waals surface area (Å²) in [6.45, 7) is 7.19. The lowest BCUT2D eigenvalue weighted by atomic mass is 9.81. The molecule has 10 aromatic carbocycles. The van der Waals surface area contributed by atoms with E-state index in [0.29, 0.717) is 17.5 Å². The number of para-hydroxylation sites is 1. The third kappa shape index (κ3) is 5.79. The summed E-state index contributed by atoms with van der Waals surface area (Å²) in [5.41, 5.74) is 15.9. The Morgan fingerprint density at radius 1 is 0.431 bits per heavy atom. The van der Waals surface area contributed by atoms with Crippen LogP contribution in [0.3, 0.4) is 0 Å². The van der Waals surface area contributed by atoms with E-state index < -0.39 is 0 Å². The van der Waals surface area contributed by atoms with Crippen molar-refractivity contribution >= 4 is 71.1 Å². The summed E-state index contributed by atoms with van der Waals surface area (Å²) in [6, 6.07) is 73.0. The molecule has 1 unspecified atom stereocenters. The van der Waals surface area contributed by atoms with Gasteiger partial charge in [0.15, 0.2) is 17.5 Å². The molecule has 3 aliphatic rings. The number of fused-ring (bicyclic) bond motifs is 13. The van der Waals surface area contributed by atoms with Gasteiger partial charge in [-0.25, -0.2) is 15.0 Å². The highest BCUT2D eigenvalue weighted by Gasteiger charge is 2.46. The third-order valence-corrected chi connectivity index (χ3v) is 16.2. The number of hydrogen-bond acceptors (Lipinski definition) is 4. The Labute approximate surface area is 417 Å². The van der Waals surface area contributed by atoms with E-state index in [0.717, 1.165) is 45.3 Å². The highest BCUT2D eigenvalue weighted by atomic mass is 15.2. The van der Waals surface area contributed by atoms with Gasteiger partial charge < -0.3 is 9.47 Å². The van der Waals surface area contributed by atoms with Crippen LogP contribution in [0.1, 0.15) is 43.9 Å². The van der Waals surface area contributed by atoms with E-state index in [1.807, 2.05) is 18.2 Å². The minimum absolute atomic E-state index is 0.221. The fourth-order valence-corrected chi connectivity index (χ4v) is 12.7. The lowest BCUT2D eigenvalue weighted by Gasteiger charge is -2.39. The molecule has 1 aliphatic heterocycles. The molecule has 0 bridgehead atoms. The van der Waals surface area contributed by atoms with E-state index in [4.69, 9.17) is 15.0 Å². The molecule has 0 amide bonds. The van der Waals surface area contributed by atoms with Gasteiger partial charge in [-0.15, -0.1) is 0 Å².